The van der Waals surface area contributed by atoms with E-state index in [0.717, 1.165) is 48.1 Å². The number of nitrogens with zero attached hydrogens (tertiary/aromatic N) is 2. The average molecular weight is 623 g/mol. The molecule has 234 valence electrons. The smallest absolute Gasteiger partial charge is 0.258 e. The molecule has 0 aromatic heterocycles. The van der Waals surface area contributed by atoms with Crippen LogP contribution in [0.3, 0.4) is 0 Å². The number of para-hydroxylation sites is 2. The highest BCUT2D eigenvalue weighted by molar-refractivity contribution is 6.10. The van der Waals surface area contributed by atoms with Crippen molar-refractivity contribution < 1.29 is 9.59 Å². The number of amides is 2. The molecule has 6 rings (SSSR count). The number of halogens is 1. The normalized spacial score (nSPS) is 16.8. The molecule has 1 atom stereocenters. The Morgan fingerprint density at radius 2 is 1.53 bits per heavy atom. The summed E-state index contributed by atoms with van der Waals surface area (Å²) in [6.07, 6.45) is 7.93. The predicted octanol–water partition coefficient (Wildman–Crippen LogP) is 8.05. The van der Waals surface area contributed by atoms with Crippen LogP contribution in [0.15, 0.2) is 103 Å². The molecule has 1 aliphatic heterocycles. The van der Waals surface area contributed by atoms with Crippen LogP contribution in [-0.2, 0) is 0 Å². The zero-order valence-electron chi connectivity index (χ0n) is 26.0. The molecule has 1 saturated heterocycles. The monoisotopic (exact) mass is 622 g/mol. The van der Waals surface area contributed by atoms with Crippen LogP contribution in [0.25, 0.3) is 11.1 Å². The number of piperazine rings is 1. The van der Waals surface area contributed by atoms with E-state index >= 15 is 0 Å². The highest BCUT2D eigenvalue weighted by atomic mass is 35.5. The van der Waals surface area contributed by atoms with Crippen molar-refractivity contribution in [3.8, 4) is 11.1 Å². The van der Waals surface area contributed by atoms with Crippen LogP contribution < -0.4 is 20.4 Å². The van der Waals surface area contributed by atoms with Gasteiger partial charge in [-0.15, -0.1) is 12.4 Å². The summed E-state index contributed by atoms with van der Waals surface area (Å²) < 4.78 is 0. The molecule has 1 saturated carbocycles. The second-order valence-electron chi connectivity index (χ2n) is 12.1. The van der Waals surface area contributed by atoms with Gasteiger partial charge in [-0.05, 0) is 65.9 Å². The maximum Gasteiger partial charge on any atom is 0.258 e. The van der Waals surface area contributed by atoms with Gasteiger partial charge < -0.3 is 20.4 Å². The number of hydrogen-bond acceptors (Lipinski definition) is 4. The minimum Gasteiger partial charge on any atom is -0.364 e. The van der Waals surface area contributed by atoms with Gasteiger partial charge in [-0.25, -0.2) is 0 Å². The number of nitrogens with one attached hydrogen (secondary N) is 2. The number of carbonyl (C=O) groups excluding carboxylic acids is 2. The van der Waals surface area contributed by atoms with Crippen molar-refractivity contribution in [2.24, 2.45) is 5.92 Å². The van der Waals surface area contributed by atoms with Gasteiger partial charge in [0.25, 0.3) is 11.8 Å². The molecule has 45 heavy (non-hydrogen) atoms. The molecule has 0 radical (unpaired) electrons. The van der Waals surface area contributed by atoms with Crippen molar-refractivity contribution in [2.75, 3.05) is 41.8 Å². The third-order valence-electron chi connectivity index (χ3n) is 9.18. The number of hydrogen-bond donors (Lipinski definition) is 2. The van der Waals surface area contributed by atoms with Gasteiger partial charge in [-0.1, -0.05) is 92.8 Å². The number of rotatable bonds is 8. The van der Waals surface area contributed by atoms with E-state index in [1.54, 1.807) is 29.2 Å². The quantitative estimate of drug-likeness (QED) is 0.209. The van der Waals surface area contributed by atoms with E-state index in [9.17, 15) is 9.59 Å². The Balaban J connectivity index is 0.00000400. The fourth-order valence-electron chi connectivity index (χ4n) is 6.84. The number of carbonyl (C=O) groups is 2. The molecule has 4 aromatic carbocycles. The Hall–Kier alpha value is -4.13. The maximum atomic E-state index is 13.7. The van der Waals surface area contributed by atoms with E-state index in [0.29, 0.717) is 22.9 Å². The molecule has 7 heteroatoms. The van der Waals surface area contributed by atoms with Crippen LogP contribution in [0.2, 0.25) is 0 Å². The summed E-state index contributed by atoms with van der Waals surface area (Å²) in [6.45, 7) is 2.85. The molecule has 1 unspecified atom stereocenters. The van der Waals surface area contributed by atoms with Crippen molar-refractivity contribution in [3.05, 3.63) is 114 Å². The fourth-order valence-corrected chi connectivity index (χ4v) is 6.84. The van der Waals surface area contributed by atoms with E-state index in [2.05, 4.69) is 27.7 Å². The Labute approximate surface area is 273 Å². The first-order chi connectivity index (χ1) is 21.6. The molecule has 4 aromatic rings. The lowest BCUT2D eigenvalue weighted by atomic mass is 9.84. The van der Waals surface area contributed by atoms with E-state index < -0.39 is 0 Å². The summed E-state index contributed by atoms with van der Waals surface area (Å²) in [6, 6.07) is 33.4. The molecule has 2 aliphatic rings. The number of anilines is 3. The standard InChI is InChI=1S/C38H42N4O2.ClH/c1-41(35-18-10-11-19-36(35)42-25-24-39-27-32(42)26-28-12-4-2-5-13-28)38(44)30-20-22-31(23-21-30)40-37(43)34-17-9-8-16-33(34)29-14-6-3-7-15-29;/h3,6-11,14-23,28,32,39H,2,4-5,12-13,24-27H2,1H3,(H,40,43);1H. The van der Waals surface area contributed by atoms with E-state index in [4.69, 9.17) is 0 Å². The first kappa shape index (κ1) is 32.3. The highest BCUT2D eigenvalue weighted by Gasteiger charge is 2.29. The maximum absolute atomic E-state index is 13.7. The molecule has 2 amide bonds. The summed E-state index contributed by atoms with van der Waals surface area (Å²) in [5.41, 5.74) is 5.72. The molecular weight excluding hydrogens is 580 g/mol. The number of benzene rings is 4. The van der Waals surface area contributed by atoms with Crippen LogP contribution in [0, 0.1) is 5.92 Å². The zero-order chi connectivity index (χ0) is 30.3. The first-order valence-corrected chi connectivity index (χ1v) is 16.0. The van der Waals surface area contributed by atoms with Crippen molar-refractivity contribution in [1.29, 1.82) is 0 Å². The SMILES string of the molecule is CN(C(=O)c1ccc(NC(=O)c2ccccc2-c2ccccc2)cc1)c1ccccc1N1CCNCC1CC1CCCCC1.Cl. The summed E-state index contributed by atoms with van der Waals surface area (Å²) in [5.74, 6) is 0.519. The van der Waals surface area contributed by atoms with Crippen molar-refractivity contribution in [3.63, 3.8) is 0 Å². The van der Waals surface area contributed by atoms with Gasteiger partial charge >= 0.3 is 0 Å². The van der Waals surface area contributed by atoms with Crippen LogP contribution >= 0.6 is 12.4 Å². The summed E-state index contributed by atoms with van der Waals surface area (Å²) >= 11 is 0. The minimum absolute atomic E-state index is 0. The largest absolute Gasteiger partial charge is 0.364 e. The Kier molecular flexibility index (Phi) is 10.9. The molecular formula is C38H43ClN4O2. The minimum atomic E-state index is -0.187. The molecule has 0 bridgehead atoms. The first-order valence-electron chi connectivity index (χ1n) is 16.0. The van der Waals surface area contributed by atoms with Gasteiger partial charge in [0.2, 0.25) is 0 Å². The van der Waals surface area contributed by atoms with Gasteiger partial charge in [0.15, 0.2) is 0 Å². The molecule has 0 spiro atoms. The Morgan fingerprint density at radius 1 is 0.844 bits per heavy atom. The van der Waals surface area contributed by atoms with E-state index in [-0.39, 0.29) is 24.2 Å². The molecule has 2 N–H and O–H groups in total. The van der Waals surface area contributed by atoms with Crippen molar-refractivity contribution >= 4 is 41.3 Å². The van der Waals surface area contributed by atoms with Gasteiger partial charge in [-0.2, -0.15) is 0 Å². The zero-order valence-corrected chi connectivity index (χ0v) is 26.8. The lowest BCUT2D eigenvalue weighted by molar-refractivity contribution is 0.0991. The van der Waals surface area contributed by atoms with Crippen molar-refractivity contribution in [1.82, 2.24) is 5.32 Å². The lowest BCUT2D eigenvalue weighted by Gasteiger charge is -2.41. The summed E-state index contributed by atoms with van der Waals surface area (Å²) in [5, 5.41) is 6.62. The van der Waals surface area contributed by atoms with Crippen LogP contribution in [0.1, 0.15) is 59.2 Å². The fraction of sp³-hybridized carbons (Fsp3) is 0.316. The van der Waals surface area contributed by atoms with E-state index in [1.165, 1.54) is 38.5 Å². The summed E-state index contributed by atoms with van der Waals surface area (Å²) in [4.78, 5) is 31.3. The highest BCUT2D eigenvalue weighted by Crippen LogP contribution is 2.35. The van der Waals surface area contributed by atoms with E-state index in [1.807, 2.05) is 73.8 Å². The molecule has 1 heterocycles. The van der Waals surface area contributed by atoms with Gasteiger partial charge in [0, 0.05) is 49.5 Å². The third kappa shape index (κ3) is 7.58. The Morgan fingerprint density at radius 3 is 2.31 bits per heavy atom. The molecule has 1 aliphatic carbocycles. The lowest BCUT2D eigenvalue weighted by Crippen LogP contribution is -2.52. The molecule has 6 nitrogen and oxygen atoms in total. The van der Waals surface area contributed by atoms with Crippen LogP contribution in [0.4, 0.5) is 17.1 Å². The van der Waals surface area contributed by atoms with Crippen LogP contribution in [0.5, 0.6) is 0 Å². The average Bonchev–Trinajstić information content (AvgIpc) is 3.09. The summed E-state index contributed by atoms with van der Waals surface area (Å²) in [7, 11) is 1.86. The van der Waals surface area contributed by atoms with Gasteiger partial charge in [0.1, 0.15) is 0 Å². The topological polar surface area (TPSA) is 64.7 Å². The van der Waals surface area contributed by atoms with Crippen LogP contribution in [-0.4, -0.2) is 44.5 Å². The second-order valence-corrected chi connectivity index (χ2v) is 12.1. The predicted molar refractivity (Wildman–Crippen MR) is 188 cm³/mol. The Bertz CT molecular complexity index is 1570. The van der Waals surface area contributed by atoms with Gasteiger partial charge in [0.05, 0.1) is 11.4 Å². The third-order valence-corrected chi connectivity index (χ3v) is 9.18. The van der Waals surface area contributed by atoms with Gasteiger partial charge in [-0.3, -0.25) is 9.59 Å². The van der Waals surface area contributed by atoms with Crippen molar-refractivity contribution in [2.45, 2.75) is 44.6 Å². The molecule has 2 fully saturated rings. The second kappa shape index (κ2) is 15.2.